The highest BCUT2D eigenvalue weighted by molar-refractivity contribution is 5.91. The summed E-state index contributed by atoms with van der Waals surface area (Å²) in [5.74, 6) is -0.962. The summed E-state index contributed by atoms with van der Waals surface area (Å²) in [6.45, 7) is -0.204. The average molecular weight is 423 g/mol. The van der Waals surface area contributed by atoms with Gasteiger partial charge in [0.25, 0.3) is 5.91 Å². The summed E-state index contributed by atoms with van der Waals surface area (Å²) in [6, 6.07) is 17.8. The minimum absolute atomic E-state index is 0.0877. The maximum absolute atomic E-state index is 12.9. The van der Waals surface area contributed by atoms with Crippen molar-refractivity contribution in [3.8, 4) is 5.75 Å². The van der Waals surface area contributed by atoms with Gasteiger partial charge in [-0.05, 0) is 71.8 Å². The first-order chi connectivity index (χ1) is 15.0. The van der Waals surface area contributed by atoms with Gasteiger partial charge < -0.3 is 10.1 Å². The number of carbonyl (C=O) groups is 2. The zero-order valence-electron chi connectivity index (χ0n) is 16.3. The van der Waals surface area contributed by atoms with E-state index >= 15 is 0 Å². The summed E-state index contributed by atoms with van der Waals surface area (Å²) in [6.07, 6.45) is 1.55. The van der Waals surface area contributed by atoms with Crippen LogP contribution in [0.4, 0.5) is 14.5 Å². The van der Waals surface area contributed by atoms with E-state index < -0.39 is 0 Å². The van der Waals surface area contributed by atoms with E-state index in [1.165, 1.54) is 54.7 Å². The Balaban J connectivity index is 1.41. The average Bonchev–Trinajstić information content (AvgIpc) is 2.76. The van der Waals surface area contributed by atoms with Gasteiger partial charge in [-0.3, -0.25) is 9.59 Å². The van der Waals surface area contributed by atoms with E-state index in [-0.39, 0.29) is 36.5 Å². The maximum Gasteiger partial charge on any atom is 0.262 e. The van der Waals surface area contributed by atoms with Crippen LogP contribution in [-0.2, 0) is 16.0 Å². The number of hydrogen-bond donors (Lipinski definition) is 2. The fourth-order valence-electron chi connectivity index (χ4n) is 2.54. The normalized spacial score (nSPS) is 10.6. The van der Waals surface area contributed by atoms with Gasteiger partial charge in [-0.2, -0.15) is 5.10 Å². The second-order valence-electron chi connectivity index (χ2n) is 6.51. The number of hydrazone groups is 1. The number of amides is 2. The Kier molecular flexibility index (Phi) is 7.42. The van der Waals surface area contributed by atoms with Gasteiger partial charge in [-0.1, -0.05) is 12.1 Å². The first kappa shape index (κ1) is 21.6. The molecule has 0 aromatic heterocycles. The van der Waals surface area contributed by atoms with Crippen molar-refractivity contribution in [2.24, 2.45) is 5.10 Å². The van der Waals surface area contributed by atoms with Crippen molar-refractivity contribution in [1.29, 1.82) is 0 Å². The molecule has 0 aliphatic heterocycles. The molecule has 2 N–H and O–H groups in total. The summed E-state index contributed by atoms with van der Waals surface area (Å²) < 4.78 is 31.1. The number of ether oxygens (including phenoxy) is 1. The van der Waals surface area contributed by atoms with E-state index in [0.717, 1.165) is 0 Å². The molecule has 0 saturated carbocycles. The molecule has 158 valence electrons. The third kappa shape index (κ3) is 7.36. The molecule has 31 heavy (non-hydrogen) atoms. The predicted molar refractivity (Wildman–Crippen MR) is 113 cm³/mol. The lowest BCUT2D eigenvalue weighted by molar-refractivity contribution is -0.120. The molecule has 0 spiro atoms. The van der Waals surface area contributed by atoms with E-state index in [0.29, 0.717) is 22.6 Å². The topological polar surface area (TPSA) is 79.8 Å². The number of benzene rings is 3. The van der Waals surface area contributed by atoms with Gasteiger partial charge in [0.2, 0.25) is 5.91 Å². The van der Waals surface area contributed by atoms with Crippen molar-refractivity contribution in [1.82, 2.24) is 5.43 Å². The highest BCUT2D eigenvalue weighted by atomic mass is 19.1. The van der Waals surface area contributed by atoms with Crippen molar-refractivity contribution in [3.05, 3.63) is 95.6 Å². The van der Waals surface area contributed by atoms with Crippen LogP contribution in [0.15, 0.2) is 77.9 Å². The molecule has 0 heterocycles. The van der Waals surface area contributed by atoms with Crippen molar-refractivity contribution >= 4 is 23.7 Å². The Hall–Kier alpha value is -4.07. The Morgan fingerprint density at radius 1 is 0.839 bits per heavy atom. The molecule has 8 heteroatoms. The maximum atomic E-state index is 12.9. The smallest absolute Gasteiger partial charge is 0.262 e. The van der Waals surface area contributed by atoms with Crippen LogP contribution in [-0.4, -0.2) is 24.6 Å². The van der Waals surface area contributed by atoms with Crippen LogP contribution >= 0.6 is 0 Å². The molecule has 3 aromatic rings. The van der Waals surface area contributed by atoms with Crippen LogP contribution in [0.3, 0.4) is 0 Å². The molecule has 2 amide bonds. The molecule has 0 radical (unpaired) electrons. The second kappa shape index (κ2) is 10.6. The molecule has 6 nitrogen and oxygen atoms in total. The molecule has 3 rings (SSSR count). The molecule has 0 fully saturated rings. The monoisotopic (exact) mass is 423 g/mol. The lowest BCUT2D eigenvalue weighted by Gasteiger charge is -2.07. The first-order valence-corrected chi connectivity index (χ1v) is 9.32. The van der Waals surface area contributed by atoms with Gasteiger partial charge in [0.05, 0.1) is 12.6 Å². The highest BCUT2D eigenvalue weighted by Gasteiger charge is 2.05. The van der Waals surface area contributed by atoms with Crippen molar-refractivity contribution < 1.29 is 23.1 Å². The summed E-state index contributed by atoms with van der Waals surface area (Å²) in [4.78, 5) is 23.7. The number of hydrogen-bond acceptors (Lipinski definition) is 4. The Morgan fingerprint density at radius 3 is 2.10 bits per heavy atom. The molecule has 0 aliphatic carbocycles. The fraction of sp³-hybridized carbons (Fsp3) is 0.0870. The van der Waals surface area contributed by atoms with E-state index in [1.54, 1.807) is 24.3 Å². The van der Waals surface area contributed by atoms with Crippen molar-refractivity contribution in [2.45, 2.75) is 6.42 Å². The van der Waals surface area contributed by atoms with Crippen molar-refractivity contribution in [3.63, 3.8) is 0 Å². The van der Waals surface area contributed by atoms with Gasteiger partial charge in [0.15, 0.2) is 6.61 Å². The van der Waals surface area contributed by atoms with Gasteiger partial charge in [-0.25, -0.2) is 14.2 Å². The van der Waals surface area contributed by atoms with Crippen molar-refractivity contribution in [2.75, 3.05) is 11.9 Å². The lowest BCUT2D eigenvalue weighted by atomic mass is 10.1. The SMILES string of the molecule is O=C(Cc1ccc(F)cc1)N/N=C/c1ccc(OCC(=O)Nc2ccc(F)cc2)cc1. The van der Waals surface area contributed by atoms with E-state index in [4.69, 9.17) is 4.74 Å². The van der Waals surface area contributed by atoms with E-state index in [2.05, 4.69) is 15.8 Å². The largest absolute Gasteiger partial charge is 0.484 e. The highest BCUT2D eigenvalue weighted by Crippen LogP contribution is 2.12. The number of halogens is 2. The molecular weight excluding hydrogens is 404 g/mol. The Bertz CT molecular complexity index is 1050. The minimum Gasteiger partial charge on any atom is -0.484 e. The molecule has 0 saturated heterocycles. The summed E-state index contributed by atoms with van der Waals surface area (Å²) in [5, 5.41) is 6.48. The quantitative estimate of drug-likeness (QED) is 0.429. The fourth-order valence-corrected chi connectivity index (χ4v) is 2.54. The predicted octanol–water partition coefficient (Wildman–Crippen LogP) is 3.68. The zero-order chi connectivity index (χ0) is 22.1. The molecule has 0 unspecified atom stereocenters. The zero-order valence-corrected chi connectivity index (χ0v) is 16.3. The third-order valence-corrected chi connectivity index (χ3v) is 4.06. The lowest BCUT2D eigenvalue weighted by Crippen LogP contribution is -2.20. The van der Waals surface area contributed by atoms with Crippen LogP contribution in [0.1, 0.15) is 11.1 Å². The second-order valence-corrected chi connectivity index (χ2v) is 6.51. The third-order valence-electron chi connectivity index (χ3n) is 4.06. The van der Waals surface area contributed by atoms with Crippen LogP contribution < -0.4 is 15.5 Å². The molecule has 0 bridgehead atoms. The first-order valence-electron chi connectivity index (χ1n) is 9.32. The summed E-state index contributed by atoms with van der Waals surface area (Å²) in [5.41, 5.74) is 4.27. The summed E-state index contributed by atoms with van der Waals surface area (Å²) >= 11 is 0. The number of rotatable bonds is 8. The molecular formula is C23H19F2N3O3. The number of nitrogens with one attached hydrogen (secondary N) is 2. The number of carbonyl (C=O) groups excluding carboxylic acids is 2. The van der Waals surface area contributed by atoms with Gasteiger partial charge >= 0.3 is 0 Å². The van der Waals surface area contributed by atoms with Crippen LogP contribution in [0.25, 0.3) is 0 Å². The summed E-state index contributed by atoms with van der Waals surface area (Å²) in [7, 11) is 0. The Morgan fingerprint density at radius 2 is 1.45 bits per heavy atom. The van der Waals surface area contributed by atoms with Crippen LogP contribution in [0, 0.1) is 11.6 Å². The molecule has 0 atom stereocenters. The number of anilines is 1. The van der Waals surface area contributed by atoms with Gasteiger partial charge in [0, 0.05) is 5.69 Å². The van der Waals surface area contributed by atoms with Gasteiger partial charge in [-0.15, -0.1) is 0 Å². The Labute approximate surface area is 177 Å². The van der Waals surface area contributed by atoms with Crippen LogP contribution in [0.5, 0.6) is 5.75 Å². The molecule has 3 aromatic carbocycles. The van der Waals surface area contributed by atoms with Gasteiger partial charge in [0.1, 0.15) is 17.4 Å². The standard InChI is InChI=1S/C23H19F2N3O3/c24-18-5-1-16(2-6-18)13-22(29)28-26-14-17-3-11-21(12-4-17)31-15-23(30)27-20-9-7-19(25)8-10-20/h1-12,14H,13,15H2,(H,27,30)(H,28,29)/b26-14+. The van der Waals surface area contributed by atoms with E-state index in [9.17, 15) is 18.4 Å². The molecule has 0 aliphatic rings. The van der Waals surface area contributed by atoms with Crippen LogP contribution in [0.2, 0.25) is 0 Å². The van der Waals surface area contributed by atoms with E-state index in [1.807, 2.05) is 0 Å². The minimum atomic E-state index is -0.384. The number of nitrogens with zero attached hydrogens (tertiary/aromatic N) is 1.